The zero-order valence-electron chi connectivity index (χ0n) is 14.9. The topological polar surface area (TPSA) is 136 Å². The van der Waals surface area contributed by atoms with Gasteiger partial charge in [0, 0.05) is 0 Å². The number of carbonyl (C=O) groups is 3. The van der Waals surface area contributed by atoms with Crippen LogP contribution in [0.3, 0.4) is 0 Å². The first-order valence-electron chi connectivity index (χ1n) is 7.98. The fraction of sp³-hybridized carbons (Fsp3) is 0.375. The fourth-order valence-corrected chi connectivity index (χ4v) is 3.28. The molecule has 0 spiro atoms. The van der Waals surface area contributed by atoms with Crippen LogP contribution in [0.2, 0.25) is 0 Å². The number of nitrogens with one attached hydrogen (secondary N) is 1. The van der Waals surface area contributed by atoms with Crippen LogP contribution in [0, 0.1) is 18.3 Å². The lowest BCUT2D eigenvalue weighted by Gasteiger charge is -2.07. The van der Waals surface area contributed by atoms with E-state index in [4.69, 9.17) is 14.7 Å². The van der Waals surface area contributed by atoms with Gasteiger partial charge in [0.25, 0.3) is 5.82 Å². The molecule has 0 unspecified atom stereocenters. The van der Waals surface area contributed by atoms with Gasteiger partial charge in [-0.05, 0) is 26.3 Å². The average Bonchev–Trinajstić information content (AvgIpc) is 3.19. The van der Waals surface area contributed by atoms with Crippen LogP contribution in [0.5, 0.6) is 0 Å². The summed E-state index contributed by atoms with van der Waals surface area (Å²) in [5, 5.41) is 15.3. The molecule has 10 nitrogen and oxygen atoms in total. The van der Waals surface area contributed by atoms with Crippen LogP contribution < -0.4 is 5.32 Å². The quantitative estimate of drug-likeness (QED) is 0.701. The van der Waals surface area contributed by atoms with E-state index in [1.165, 1.54) is 11.0 Å². The molecule has 0 aliphatic heterocycles. The number of hydrogen-bond acceptors (Lipinski definition) is 9. The van der Waals surface area contributed by atoms with Crippen molar-refractivity contribution in [1.82, 2.24) is 14.8 Å². The summed E-state index contributed by atoms with van der Waals surface area (Å²) in [6.07, 6.45) is 1.24. The number of anilines is 1. The molecular weight excluding hydrogens is 374 g/mol. The Bertz CT molecular complexity index is 911. The molecule has 27 heavy (non-hydrogen) atoms. The summed E-state index contributed by atoms with van der Waals surface area (Å²) in [5.41, 5.74) is 0.481. The van der Waals surface area contributed by atoms with Gasteiger partial charge in [0.05, 0.1) is 18.8 Å². The van der Waals surface area contributed by atoms with Gasteiger partial charge in [-0.25, -0.2) is 19.3 Å². The summed E-state index contributed by atoms with van der Waals surface area (Å²) in [6.45, 7) is 5.02. The van der Waals surface area contributed by atoms with Crippen molar-refractivity contribution in [3.63, 3.8) is 0 Å². The first kappa shape index (κ1) is 20.1. The molecule has 1 amide bonds. The van der Waals surface area contributed by atoms with Crippen LogP contribution in [0.25, 0.3) is 0 Å². The van der Waals surface area contributed by atoms with Gasteiger partial charge in [0.15, 0.2) is 0 Å². The van der Waals surface area contributed by atoms with E-state index in [0.29, 0.717) is 5.56 Å². The van der Waals surface area contributed by atoms with Crippen molar-refractivity contribution in [3.8, 4) is 6.07 Å². The van der Waals surface area contributed by atoms with E-state index in [2.05, 4.69) is 15.4 Å². The third kappa shape index (κ3) is 4.68. The Labute approximate surface area is 158 Å². The van der Waals surface area contributed by atoms with E-state index in [0.717, 1.165) is 11.3 Å². The van der Waals surface area contributed by atoms with Crippen molar-refractivity contribution in [3.05, 3.63) is 28.2 Å². The summed E-state index contributed by atoms with van der Waals surface area (Å²) in [4.78, 5) is 40.6. The van der Waals surface area contributed by atoms with Gasteiger partial charge in [0.2, 0.25) is 5.91 Å². The lowest BCUT2D eigenvalue weighted by Crippen LogP contribution is -2.20. The second kappa shape index (κ2) is 8.91. The molecule has 0 bridgehead atoms. The second-order valence-corrected chi connectivity index (χ2v) is 6.15. The van der Waals surface area contributed by atoms with Gasteiger partial charge < -0.3 is 14.8 Å². The summed E-state index contributed by atoms with van der Waals surface area (Å²) in [7, 11) is 0. The van der Waals surface area contributed by atoms with E-state index in [9.17, 15) is 14.4 Å². The average molecular weight is 391 g/mol. The number of ether oxygens (including phenoxy) is 2. The van der Waals surface area contributed by atoms with E-state index in [1.807, 2.05) is 0 Å². The van der Waals surface area contributed by atoms with Crippen molar-refractivity contribution in [1.29, 1.82) is 5.26 Å². The molecule has 0 saturated carbocycles. The first-order valence-corrected chi connectivity index (χ1v) is 8.79. The first-order chi connectivity index (χ1) is 12.9. The van der Waals surface area contributed by atoms with Crippen LogP contribution in [0.15, 0.2) is 6.33 Å². The number of rotatable bonds is 7. The molecule has 0 aromatic carbocycles. The third-order valence-corrected chi connectivity index (χ3v) is 4.47. The van der Waals surface area contributed by atoms with E-state index < -0.39 is 17.8 Å². The Balaban J connectivity index is 2.28. The van der Waals surface area contributed by atoms with Crippen LogP contribution in [-0.4, -0.2) is 45.8 Å². The lowest BCUT2D eigenvalue weighted by atomic mass is 10.1. The zero-order chi connectivity index (χ0) is 20.0. The highest BCUT2D eigenvalue weighted by Gasteiger charge is 2.27. The lowest BCUT2D eigenvalue weighted by molar-refractivity contribution is -0.116. The van der Waals surface area contributed by atoms with Gasteiger partial charge in [-0.2, -0.15) is 5.26 Å². The summed E-state index contributed by atoms with van der Waals surface area (Å²) in [5.74, 6) is -1.80. The number of esters is 2. The maximum atomic E-state index is 12.3. The van der Waals surface area contributed by atoms with Crippen LogP contribution in [0.4, 0.5) is 5.00 Å². The standard InChI is InChI=1S/C16H17N5O5S/c1-4-25-15(23)12-9(3)13(16(24)26-5-2)27-14(12)19-11(22)7-21-8-18-10(6-17)20-21/h8H,4-5,7H2,1-3H3,(H,19,22). The minimum Gasteiger partial charge on any atom is -0.462 e. The molecule has 1 N–H and O–H groups in total. The van der Waals surface area contributed by atoms with E-state index >= 15 is 0 Å². The molecule has 2 aromatic rings. The Hall–Kier alpha value is -3.26. The predicted molar refractivity (Wildman–Crippen MR) is 94.3 cm³/mol. The molecule has 11 heteroatoms. The Morgan fingerprint density at radius 3 is 2.52 bits per heavy atom. The van der Waals surface area contributed by atoms with Gasteiger partial charge in [-0.1, -0.05) is 0 Å². The predicted octanol–water partition coefficient (Wildman–Crippen LogP) is 1.51. The Kier molecular flexibility index (Phi) is 6.62. The molecule has 0 radical (unpaired) electrons. The van der Waals surface area contributed by atoms with Crippen LogP contribution >= 0.6 is 11.3 Å². The van der Waals surface area contributed by atoms with Crippen molar-refractivity contribution in [2.24, 2.45) is 0 Å². The smallest absolute Gasteiger partial charge is 0.348 e. The molecular formula is C16H17N5O5S. The van der Waals surface area contributed by atoms with Gasteiger partial charge in [0.1, 0.15) is 28.8 Å². The molecule has 2 aromatic heterocycles. The normalized spacial score (nSPS) is 10.1. The van der Waals surface area contributed by atoms with Crippen LogP contribution in [-0.2, 0) is 20.8 Å². The molecule has 142 valence electrons. The number of hydrogen-bond donors (Lipinski definition) is 1. The molecule has 0 aliphatic rings. The number of thiophene rings is 1. The minimum atomic E-state index is -0.648. The van der Waals surface area contributed by atoms with E-state index in [1.54, 1.807) is 26.8 Å². The third-order valence-electron chi connectivity index (χ3n) is 3.28. The fourth-order valence-electron chi connectivity index (χ4n) is 2.18. The van der Waals surface area contributed by atoms with Crippen LogP contribution in [0.1, 0.15) is 45.3 Å². The highest BCUT2D eigenvalue weighted by molar-refractivity contribution is 7.18. The maximum absolute atomic E-state index is 12.3. The second-order valence-electron chi connectivity index (χ2n) is 5.13. The number of aromatic nitrogens is 3. The number of nitriles is 1. The van der Waals surface area contributed by atoms with Crippen molar-refractivity contribution < 1.29 is 23.9 Å². The Morgan fingerprint density at radius 1 is 1.26 bits per heavy atom. The summed E-state index contributed by atoms with van der Waals surface area (Å²) < 4.78 is 11.2. The molecule has 2 heterocycles. The maximum Gasteiger partial charge on any atom is 0.348 e. The van der Waals surface area contributed by atoms with Crippen molar-refractivity contribution in [2.45, 2.75) is 27.3 Å². The SMILES string of the molecule is CCOC(=O)c1sc(NC(=O)Cn2cnc(C#N)n2)c(C(=O)OCC)c1C. The highest BCUT2D eigenvalue weighted by Crippen LogP contribution is 2.34. The summed E-state index contributed by atoms with van der Waals surface area (Å²) >= 11 is 0.932. The zero-order valence-corrected chi connectivity index (χ0v) is 15.8. The molecule has 2 rings (SSSR count). The largest absolute Gasteiger partial charge is 0.462 e. The number of nitrogens with zero attached hydrogens (tertiary/aromatic N) is 4. The number of amides is 1. The van der Waals surface area contributed by atoms with Gasteiger partial charge >= 0.3 is 11.9 Å². The minimum absolute atomic E-state index is 0.0634. The summed E-state index contributed by atoms with van der Waals surface area (Å²) in [6, 6.07) is 1.76. The molecule has 0 saturated heterocycles. The van der Waals surface area contributed by atoms with Gasteiger partial charge in [-0.3, -0.25) is 4.79 Å². The van der Waals surface area contributed by atoms with Crippen molar-refractivity contribution in [2.75, 3.05) is 18.5 Å². The Morgan fingerprint density at radius 2 is 1.93 bits per heavy atom. The molecule has 0 aliphatic carbocycles. The highest BCUT2D eigenvalue weighted by atomic mass is 32.1. The van der Waals surface area contributed by atoms with E-state index in [-0.39, 0.29) is 41.0 Å². The molecule has 0 fully saturated rings. The molecule has 0 atom stereocenters. The van der Waals surface area contributed by atoms with Gasteiger partial charge in [-0.15, -0.1) is 16.4 Å². The van der Waals surface area contributed by atoms with Crippen molar-refractivity contribution >= 4 is 34.2 Å². The number of carbonyl (C=O) groups excluding carboxylic acids is 3. The monoisotopic (exact) mass is 391 g/mol.